The summed E-state index contributed by atoms with van der Waals surface area (Å²) < 4.78 is 4.96. The van der Waals surface area contributed by atoms with E-state index in [1.165, 1.54) is 38.5 Å². The second-order valence-electron chi connectivity index (χ2n) is 8.89. The second kappa shape index (κ2) is 8.23. The summed E-state index contributed by atoms with van der Waals surface area (Å²) >= 11 is 1.55. The Bertz CT molecular complexity index is 695. The van der Waals surface area contributed by atoms with Crippen LogP contribution in [0.2, 0.25) is 0 Å². The highest BCUT2D eigenvalue weighted by atomic mass is 32.1. The van der Waals surface area contributed by atoms with Crippen LogP contribution in [-0.2, 0) is 25.7 Å². The van der Waals surface area contributed by atoms with Gasteiger partial charge in [-0.25, -0.2) is 0 Å². The summed E-state index contributed by atoms with van der Waals surface area (Å²) in [6.45, 7) is -0.0751. The van der Waals surface area contributed by atoms with E-state index in [0.29, 0.717) is 13.0 Å². The molecule has 28 heavy (non-hydrogen) atoms. The summed E-state index contributed by atoms with van der Waals surface area (Å²) in [6.07, 6.45) is 8.07. The van der Waals surface area contributed by atoms with Crippen LogP contribution in [0.15, 0.2) is 17.5 Å². The second-order valence-corrected chi connectivity index (χ2v) is 9.92. The van der Waals surface area contributed by atoms with Gasteiger partial charge in [0.1, 0.15) is 6.54 Å². The minimum atomic E-state index is -0.579. The fourth-order valence-electron chi connectivity index (χ4n) is 5.93. The van der Waals surface area contributed by atoms with Gasteiger partial charge in [0.05, 0.1) is 6.54 Å². The van der Waals surface area contributed by atoms with Crippen LogP contribution < -0.4 is 10.6 Å². The summed E-state index contributed by atoms with van der Waals surface area (Å²) in [5.74, 6) is 1.41. The summed E-state index contributed by atoms with van der Waals surface area (Å²) in [5.41, 5.74) is 0.157. The van der Waals surface area contributed by atoms with Gasteiger partial charge in [0.25, 0.3) is 5.91 Å². The van der Waals surface area contributed by atoms with Crippen LogP contribution in [0.25, 0.3) is 0 Å². The molecule has 4 aliphatic carbocycles. The van der Waals surface area contributed by atoms with Gasteiger partial charge in [0.15, 0.2) is 6.61 Å². The van der Waals surface area contributed by atoms with Gasteiger partial charge < -0.3 is 15.4 Å². The first-order chi connectivity index (χ1) is 13.5. The smallest absolute Gasteiger partial charge is 0.325 e. The van der Waals surface area contributed by atoms with Gasteiger partial charge in [-0.05, 0) is 73.1 Å². The lowest BCUT2D eigenvalue weighted by molar-refractivity contribution is -0.148. The van der Waals surface area contributed by atoms with Crippen LogP contribution in [0.4, 0.5) is 0 Å². The molecule has 152 valence electrons. The quantitative estimate of drug-likeness (QED) is 0.653. The fraction of sp³-hybridized carbons (Fsp3) is 0.667. The van der Waals surface area contributed by atoms with Gasteiger partial charge in [-0.2, -0.15) is 0 Å². The molecule has 0 atom stereocenters. The summed E-state index contributed by atoms with van der Waals surface area (Å²) in [5, 5.41) is 7.33. The molecule has 0 aromatic carbocycles. The largest absolute Gasteiger partial charge is 0.454 e. The van der Waals surface area contributed by atoms with E-state index in [0.717, 1.165) is 22.6 Å². The van der Waals surface area contributed by atoms with E-state index in [-0.39, 0.29) is 30.4 Å². The molecule has 1 aromatic heterocycles. The molecule has 4 saturated carbocycles. The van der Waals surface area contributed by atoms with E-state index in [9.17, 15) is 14.4 Å². The third-order valence-electron chi connectivity index (χ3n) is 6.53. The minimum absolute atomic E-state index is 0.0685. The van der Waals surface area contributed by atoms with Crippen molar-refractivity contribution in [2.75, 3.05) is 13.2 Å². The molecule has 4 bridgehead atoms. The van der Waals surface area contributed by atoms with E-state index < -0.39 is 5.97 Å². The maximum absolute atomic E-state index is 12.4. The van der Waals surface area contributed by atoms with Gasteiger partial charge in [0, 0.05) is 11.3 Å². The number of amides is 2. The van der Waals surface area contributed by atoms with Crippen molar-refractivity contribution in [1.29, 1.82) is 0 Å². The zero-order valence-electron chi connectivity index (χ0n) is 16.1. The number of rotatable bonds is 8. The molecule has 6 nitrogen and oxygen atoms in total. The first kappa shape index (κ1) is 19.4. The van der Waals surface area contributed by atoms with Crippen LogP contribution in [0.5, 0.6) is 0 Å². The van der Waals surface area contributed by atoms with E-state index in [1.54, 1.807) is 11.3 Å². The number of nitrogens with one attached hydrogen (secondary N) is 2. The van der Waals surface area contributed by atoms with E-state index in [1.807, 2.05) is 17.5 Å². The van der Waals surface area contributed by atoms with Crippen molar-refractivity contribution in [2.45, 2.75) is 51.5 Å². The third kappa shape index (κ3) is 4.74. The highest BCUT2D eigenvalue weighted by Crippen LogP contribution is 2.61. The van der Waals surface area contributed by atoms with E-state index >= 15 is 0 Å². The van der Waals surface area contributed by atoms with Gasteiger partial charge in [-0.15, -0.1) is 11.3 Å². The summed E-state index contributed by atoms with van der Waals surface area (Å²) in [7, 11) is 0. The Labute approximate surface area is 169 Å². The normalized spacial score (nSPS) is 30.1. The lowest BCUT2D eigenvalue weighted by Crippen LogP contribution is -2.48. The maximum atomic E-state index is 12.4. The zero-order chi connectivity index (χ0) is 19.6. The summed E-state index contributed by atoms with van der Waals surface area (Å²) in [6, 6.07) is 3.84. The molecule has 0 radical (unpaired) electrons. The molecule has 1 aromatic rings. The SMILES string of the molecule is O=C(COC(=O)CNC(=O)CC12CC3CC(CC(C3)C1)C2)NCc1cccs1. The lowest BCUT2D eigenvalue weighted by Gasteiger charge is -2.56. The Morgan fingerprint density at radius 3 is 2.32 bits per heavy atom. The average molecular weight is 405 g/mol. The van der Waals surface area contributed by atoms with Gasteiger partial charge in [0.2, 0.25) is 5.91 Å². The maximum Gasteiger partial charge on any atom is 0.325 e. The molecule has 1 heterocycles. The van der Waals surface area contributed by atoms with Gasteiger partial charge >= 0.3 is 5.97 Å². The number of esters is 1. The van der Waals surface area contributed by atoms with Crippen molar-refractivity contribution >= 4 is 29.1 Å². The third-order valence-corrected chi connectivity index (χ3v) is 7.41. The Morgan fingerprint density at radius 2 is 1.71 bits per heavy atom. The van der Waals surface area contributed by atoms with E-state index in [2.05, 4.69) is 10.6 Å². The fourth-order valence-corrected chi connectivity index (χ4v) is 6.57. The number of hydrogen-bond donors (Lipinski definition) is 2. The first-order valence-corrected chi connectivity index (χ1v) is 11.1. The van der Waals surface area contributed by atoms with Crippen molar-refractivity contribution in [3.05, 3.63) is 22.4 Å². The molecular weight excluding hydrogens is 376 g/mol. The van der Waals surface area contributed by atoms with Crippen LogP contribution in [0.3, 0.4) is 0 Å². The Morgan fingerprint density at radius 1 is 1.04 bits per heavy atom. The van der Waals surface area contributed by atoms with E-state index in [4.69, 9.17) is 4.74 Å². The molecule has 5 rings (SSSR count). The molecule has 4 fully saturated rings. The van der Waals surface area contributed by atoms with Gasteiger partial charge in [-0.3, -0.25) is 14.4 Å². The molecule has 0 unspecified atom stereocenters. The molecule has 2 N–H and O–H groups in total. The number of carbonyl (C=O) groups is 3. The molecule has 4 aliphatic rings. The number of hydrogen-bond acceptors (Lipinski definition) is 5. The topological polar surface area (TPSA) is 84.5 Å². The highest BCUT2D eigenvalue weighted by molar-refractivity contribution is 7.09. The van der Waals surface area contributed by atoms with Gasteiger partial charge in [-0.1, -0.05) is 6.07 Å². The Hall–Kier alpha value is -1.89. The van der Waals surface area contributed by atoms with Crippen LogP contribution >= 0.6 is 11.3 Å². The first-order valence-electron chi connectivity index (χ1n) is 10.2. The number of ether oxygens (including phenoxy) is 1. The molecule has 0 aliphatic heterocycles. The van der Waals surface area contributed by atoms with Crippen molar-refractivity contribution in [2.24, 2.45) is 23.2 Å². The monoisotopic (exact) mass is 404 g/mol. The Balaban J connectivity index is 1.14. The predicted molar refractivity (Wildman–Crippen MR) is 105 cm³/mol. The molecule has 0 saturated heterocycles. The molecular formula is C21H28N2O4S. The number of carbonyl (C=O) groups excluding carboxylic acids is 3. The Kier molecular flexibility index (Phi) is 5.71. The number of thiophene rings is 1. The van der Waals surface area contributed by atoms with Crippen LogP contribution in [0, 0.1) is 23.2 Å². The predicted octanol–water partition coefficient (Wildman–Crippen LogP) is 2.63. The lowest BCUT2D eigenvalue weighted by atomic mass is 9.49. The minimum Gasteiger partial charge on any atom is -0.454 e. The zero-order valence-corrected chi connectivity index (χ0v) is 16.9. The standard InChI is InChI=1S/C21H28N2O4S/c24-18(10-21-7-14-4-15(8-21)6-16(5-14)9-21)23-12-20(26)27-13-19(25)22-11-17-2-1-3-28-17/h1-3,14-16H,4-13H2,(H,22,25)(H,23,24). The van der Waals surface area contributed by atoms with Crippen LogP contribution in [-0.4, -0.2) is 30.9 Å². The van der Waals surface area contributed by atoms with Crippen molar-refractivity contribution < 1.29 is 19.1 Å². The molecule has 7 heteroatoms. The van der Waals surface area contributed by atoms with Crippen molar-refractivity contribution in [3.63, 3.8) is 0 Å². The van der Waals surface area contributed by atoms with Crippen molar-refractivity contribution in [1.82, 2.24) is 10.6 Å². The molecule has 2 amide bonds. The highest BCUT2D eigenvalue weighted by Gasteiger charge is 2.51. The summed E-state index contributed by atoms with van der Waals surface area (Å²) in [4.78, 5) is 37.0. The van der Waals surface area contributed by atoms with Crippen LogP contribution in [0.1, 0.15) is 49.8 Å². The average Bonchev–Trinajstić information content (AvgIpc) is 3.15. The molecule has 0 spiro atoms. The van der Waals surface area contributed by atoms with Crippen molar-refractivity contribution in [3.8, 4) is 0 Å².